The third-order valence-electron chi connectivity index (χ3n) is 3.98. The topological polar surface area (TPSA) is 88.6 Å². The van der Waals surface area contributed by atoms with Crippen molar-refractivity contribution in [2.45, 2.75) is 9.92 Å². The summed E-state index contributed by atoms with van der Waals surface area (Å²) in [6.45, 7) is 0.789. The number of thioether (sulfide) groups is 1. The Hall–Kier alpha value is -2.01. The van der Waals surface area contributed by atoms with Crippen LogP contribution in [0.5, 0.6) is 0 Å². The zero-order chi connectivity index (χ0) is 19.4. The summed E-state index contributed by atoms with van der Waals surface area (Å²) in [5.74, 6) is -1.45. The van der Waals surface area contributed by atoms with E-state index in [2.05, 4.69) is 10.3 Å². The molecule has 0 bridgehead atoms. The van der Waals surface area contributed by atoms with Crippen LogP contribution in [0, 0.1) is 5.82 Å². The molecule has 0 radical (unpaired) electrons. The summed E-state index contributed by atoms with van der Waals surface area (Å²) in [5, 5.41) is 3.43. The second-order valence-electron chi connectivity index (χ2n) is 5.71. The number of morpholine rings is 1. The Bertz CT molecular complexity index is 930. The molecule has 0 atom stereocenters. The van der Waals surface area contributed by atoms with Crippen molar-refractivity contribution in [3.63, 3.8) is 0 Å². The Morgan fingerprint density at radius 2 is 2.00 bits per heavy atom. The number of aromatic nitrogens is 1. The lowest BCUT2D eigenvalue weighted by Crippen LogP contribution is -2.41. The Kier molecular flexibility index (Phi) is 6.10. The number of amides is 1. The van der Waals surface area contributed by atoms with Gasteiger partial charge in [-0.2, -0.15) is 4.31 Å². The first-order valence-electron chi connectivity index (χ1n) is 8.10. The van der Waals surface area contributed by atoms with Crippen LogP contribution in [-0.4, -0.2) is 56.2 Å². The number of carbonyl (C=O) groups is 1. The molecule has 0 saturated carbocycles. The van der Waals surface area contributed by atoms with E-state index in [0.717, 1.165) is 21.5 Å². The van der Waals surface area contributed by atoms with Gasteiger partial charge in [0.25, 0.3) is 5.91 Å². The second-order valence-corrected chi connectivity index (χ2v) is 8.44. The van der Waals surface area contributed by atoms with Crippen molar-refractivity contribution < 1.29 is 22.3 Å². The predicted molar refractivity (Wildman–Crippen MR) is 99.9 cm³/mol. The molecule has 10 heteroatoms. The second kappa shape index (κ2) is 8.34. The molecule has 144 valence electrons. The first-order valence-corrected chi connectivity index (χ1v) is 10.8. The van der Waals surface area contributed by atoms with Crippen LogP contribution in [0.2, 0.25) is 0 Å². The van der Waals surface area contributed by atoms with Crippen molar-refractivity contribution in [1.29, 1.82) is 0 Å². The number of sulfonamides is 1. The normalized spacial score (nSPS) is 15.5. The fraction of sp³-hybridized carbons (Fsp3) is 0.294. The average molecular weight is 411 g/mol. The first kappa shape index (κ1) is 19.7. The van der Waals surface area contributed by atoms with Crippen molar-refractivity contribution in [3.8, 4) is 0 Å². The van der Waals surface area contributed by atoms with E-state index in [9.17, 15) is 17.6 Å². The smallest absolute Gasteiger partial charge is 0.255 e. The Morgan fingerprint density at radius 3 is 2.63 bits per heavy atom. The van der Waals surface area contributed by atoms with Crippen molar-refractivity contribution in [3.05, 3.63) is 47.9 Å². The largest absolute Gasteiger partial charge is 0.379 e. The van der Waals surface area contributed by atoms with E-state index in [1.54, 1.807) is 12.1 Å². The molecular weight excluding hydrogens is 393 g/mol. The molecular formula is C17H18FN3O4S2. The highest BCUT2D eigenvalue weighted by atomic mass is 32.2. The number of ether oxygens (including phenoxy) is 1. The molecule has 1 N–H and O–H groups in total. The van der Waals surface area contributed by atoms with Gasteiger partial charge in [0.2, 0.25) is 10.0 Å². The van der Waals surface area contributed by atoms with Gasteiger partial charge in [0.1, 0.15) is 10.7 Å². The predicted octanol–water partition coefficient (Wildman–Crippen LogP) is 2.22. The number of nitrogens with zero attached hydrogens (tertiary/aromatic N) is 2. The molecule has 1 amide bonds. The highest BCUT2D eigenvalue weighted by Crippen LogP contribution is 2.22. The molecule has 0 unspecified atom stereocenters. The SMILES string of the molecule is CSc1ccc(NC(=O)c2ccc(F)c(S(=O)(=O)N3CCOCC3)c2)cn1. The quantitative estimate of drug-likeness (QED) is 0.759. The molecule has 1 aromatic carbocycles. The average Bonchev–Trinajstić information content (AvgIpc) is 2.69. The molecule has 1 saturated heterocycles. The summed E-state index contributed by atoms with van der Waals surface area (Å²) in [5.41, 5.74) is 0.497. The van der Waals surface area contributed by atoms with Crippen LogP contribution in [0.15, 0.2) is 46.5 Å². The number of pyridine rings is 1. The number of halogens is 1. The molecule has 2 aromatic rings. The minimum absolute atomic E-state index is 0.0391. The summed E-state index contributed by atoms with van der Waals surface area (Å²) >= 11 is 1.47. The van der Waals surface area contributed by atoms with Gasteiger partial charge < -0.3 is 10.1 Å². The van der Waals surface area contributed by atoms with E-state index in [0.29, 0.717) is 5.69 Å². The zero-order valence-electron chi connectivity index (χ0n) is 14.5. The van der Waals surface area contributed by atoms with E-state index in [4.69, 9.17) is 4.74 Å². The van der Waals surface area contributed by atoms with E-state index in [1.165, 1.54) is 24.0 Å². The number of hydrogen-bond donors (Lipinski definition) is 1. The van der Waals surface area contributed by atoms with E-state index < -0.39 is 26.6 Å². The Labute approximate surface area is 161 Å². The van der Waals surface area contributed by atoms with Crippen LogP contribution in [0.4, 0.5) is 10.1 Å². The number of rotatable bonds is 5. The van der Waals surface area contributed by atoms with Gasteiger partial charge in [0.05, 0.1) is 30.1 Å². The lowest BCUT2D eigenvalue weighted by molar-refractivity contribution is 0.0729. The van der Waals surface area contributed by atoms with Crippen LogP contribution >= 0.6 is 11.8 Å². The highest BCUT2D eigenvalue weighted by Gasteiger charge is 2.29. The van der Waals surface area contributed by atoms with Crippen molar-refractivity contribution >= 4 is 33.4 Å². The van der Waals surface area contributed by atoms with Gasteiger partial charge >= 0.3 is 0 Å². The number of anilines is 1. The number of carbonyl (C=O) groups excluding carboxylic acids is 1. The van der Waals surface area contributed by atoms with Crippen molar-refractivity contribution in [2.75, 3.05) is 37.9 Å². The van der Waals surface area contributed by atoms with Crippen LogP contribution in [0.3, 0.4) is 0 Å². The maximum absolute atomic E-state index is 14.2. The Morgan fingerprint density at radius 1 is 1.26 bits per heavy atom. The minimum Gasteiger partial charge on any atom is -0.379 e. The van der Waals surface area contributed by atoms with E-state index >= 15 is 0 Å². The monoisotopic (exact) mass is 411 g/mol. The molecule has 0 aliphatic carbocycles. The van der Waals surface area contributed by atoms with E-state index in [-0.39, 0.29) is 31.9 Å². The first-order chi connectivity index (χ1) is 12.9. The van der Waals surface area contributed by atoms with Crippen LogP contribution < -0.4 is 5.32 Å². The van der Waals surface area contributed by atoms with Crippen molar-refractivity contribution in [1.82, 2.24) is 9.29 Å². The number of nitrogens with one attached hydrogen (secondary N) is 1. The fourth-order valence-corrected chi connectivity index (χ4v) is 4.41. The third-order valence-corrected chi connectivity index (χ3v) is 6.56. The molecule has 7 nitrogen and oxygen atoms in total. The molecule has 1 aliphatic heterocycles. The van der Waals surface area contributed by atoms with Gasteiger partial charge in [0.15, 0.2) is 0 Å². The molecule has 1 aliphatic rings. The van der Waals surface area contributed by atoms with Crippen LogP contribution in [-0.2, 0) is 14.8 Å². The van der Waals surface area contributed by atoms with Crippen LogP contribution in [0.1, 0.15) is 10.4 Å². The van der Waals surface area contributed by atoms with Crippen molar-refractivity contribution in [2.24, 2.45) is 0 Å². The van der Waals surface area contributed by atoms with Gasteiger partial charge in [-0.15, -0.1) is 11.8 Å². The molecule has 2 heterocycles. The standard InChI is InChI=1S/C17H18FN3O4S2/c1-26-16-5-3-13(11-19-16)20-17(22)12-2-4-14(18)15(10-12)27(23,24)21-6-8-25-9-7-21/h2-5,10-11H,6-9H2,1H3,(H,20,22). The summed E-state index contributed by atoms with van der Waals surface area (Å²) in [6, 6.07) is 6.72. The maximum Gasteiger partial charge on any atom is 0.255 e. The van der Waals surface area contributed by atoms with Gasteiger partial charge in [-0.1, -0.05) is 0 Å². The highest BCUT2D eigenvalue weighted by molar-refractivity contribution is 7.98. The Balaban J connectivity index is 1.84. The van der Waals surface area contributed by atoms with Gasteiger partial charge in [-0.3, -0.25) is 4.79 Å². The summed E-state index contributed by atoms with van der Waals surface area (Å²) < 4.78 is 45.9. The molecule has 1 aromatic heterocycles. The summed E-state index contributed by atoms with van der Waals surface area (Å²) in [7, 11) is -4.05. The maximum atomic E-state index is 14.2. The summed E-state index contributed by atoms with van der Waals surface area (Å²) in [6.07, 6.45) is 3.38. The number of benzene rings is 1. The molecule has 3 rings (SSSR count). The minimum atomic E-state index is -4.05. The van der Waals surface area contributed by atoms with E-state index in [1.807, 2.05) is 6.26 Å². The van der Waals surface area contributed by atoms with Gasteiger partial charge in [-0.25, -0.2) is 17.8 Å². The fourth-order valence-electron chi connectivity index (χ4n) is 2.55. The summed E-state index contributed by atoms with van der Waals surface area (Å²) in [4.78, 5) is 16.1. The lowest BCUT2D eigenvalue weighted by Gasteiger charge is -2.26. The molecule has 0 spiro atoms. The van der Waals surface area contributed by atoms with Crippen LogP contribution in [0.25, 0.3) is 0 Å². The molecule has 27 heavy (non-hydrogen) atoms. The third kappa shape index (κ3) is 4.46. The zero-order valence-corrected chi connectivity index (χ0v) is 16.1. The lowest BCUT2D eigenvalue weighted by atomic mass is 10.2. The number of hydrogen-bond acceptors (Lipinski definition) is 6. The van der Waals surface area contributed by atoms with Gasteiger partial charge in [0, 0.05) is 18.7 Å². The van der Waals surface area contributed by atoms with Gasteiger partial charge in [-0.05, 0) is 36.6 Å². The molecule has 1 fully saturated rings.